The van der Waals surface area contributed by atoms with Crippen molar-refractivity contribution in [3.63, 3.8) is 0 Å². The molecule has 2 unspecified atom stereocenters. The molecule has 2 aromatic rings. The molecule has 1 fully saturated rings. The first-order chi connectivity index (χ1) is 18.6. The van der Waals surface area contributed by atoms with Crippen molar-refractivity contribution < 1.29 is 28.8 Å². The van der Waals surface area contributed by atoms with Gasteiger partial charge in [-0.3, -0.25) is 0 Å². The number of carbonyl (C=O) groups excluding carboxylic acids is 1. The van der Waals surface area contributed by atoms with E-state index in [-0.39, 0.29) is 19.1 Å². The molecule has 1 saturated heterocycles. The Hall–Kier alpha value is -3.14. The van der Waals surface area contributed by atoms with Crippen LogP contribution >= 0.6 is 0 Å². The van der Waals surface area contributed by atoms with Crippen LogP contribution in [0, 0.1) is 5.92 Å². The van der Waals surface area contributed by atoms with Gasteiger partial charge in [0, 0.05) is 18.1 Å². The van der Waals surface area contributed by atoms with Crippen LogP contribution < -0.4 is 5.32 Å². The van der Waals surface area contributed by atoms with Crippen LogP contribution in [-0.2, 0) is 32.2 Å². The highest BCUT2D eigenvalue weighted by Gasteiger charge is 2.43. The van der Waals surface area contributed by atoms with E-state index in [4.69, 9.17) is 24.5 Å². The number of aliphatic hydroxyl groups is 1. The predicted octanol–water partition coefficient (Wildman–Crippen LogP) is 5.11. The molecule has 0 saturated carbocycles. The molecule has 206 valence electrons. The maximum absolute atomic E-state index is 11.8. The average Bonchev–Trinajstić information content (AvgIpc) is 2.94. The summed E-state index contributed by atoms with van der Waals surface area (Å²) < 4.78 is 22.9. The maximum atomic E-state index is 11.8. The van der Waals surface area contributed by atoms with Crippen LogP contribution in [0.5, 0.6) is 0 Å². The molecule has 2 N–H and O–H groups in total. The van der Waals surface area contributed by atoms with Crippen molar-refractivity contribution in [2.24, 2.45) is 11.0 Å². The molecule has 1 heterocycles. The van der Waals surface area contributed by atoms with Gasteiger partial charge in [0.1, 0.15) is 12.7 Å². The molecule has 1 amide bonds. The molecule has 5 atom stereocenters. The summed E-state index contributed by atoms with van der Waals surface area (Å²) in [4.78, 5) is 14.7. The molecule has 10 nitrogen and oxygen atoms in total. The lowest BCUT2D eigenvalue weighted by atomic mass is 9.89. The van der Waals surface area contributed by atoms with Gasteiger partial charge in [-0.15, -0.1) is 0 Å². The summed E-state index contributed by atoms with van der Waals surface area (Å²) in [5.74, 6) is -0.345. The number of hydrogen-bond donors (Lipinski definition) is 2. The van der Waals surface area contributed by atoms with Crippen molar-refractivity contribution in [1.29, 1.82) is 0 Å². The first kappa shape index (κ1) is 29.4. The fraction of sp³-hybridized carbons (Fsp3) is 0.536. The SMILES string of the molecule is C[C@@H]1C(N=[N+]=[N-])[C@@H](OCCCCCCNC(=O)OCc2ccccc2)OC(COCc2ccccc2)[C@H]1O. The number of azide groups is 1. The van der Waals surface area contributed by atoms with E-state index < -0.39 is 30.6 Å². The summed E-state index contributed by atoms with van der Waals surface area (Å²) in [5.41, 5.74) is 11.0. The molecule has 3 rings (SSSR count). The monoisotopic (exact) mass is 526 g/mol. The van der Waals surface area contributed by atoms with Crippen LogP contribution in [-0.4, -0.2) is 55.5 Å². The van der Waals surface area contributed by atoms with Gasteiger partial charge in [0.25, 0.3) is 0 Å². The fourth-order valence-electron chi connectivity index (χ4n) is 4.23. The number of unbranched alkanes of at least 4 members (excludes halogenated alkanes) is 3. The van der Waals surface area contributed by atoms with Crippen molar-refractivity contribution in [2.45, 2.75) is 70.4 Å². The molecule has 10 heteroatoms. The normalized spacial score (nSPS) is 22.8. The van der Waals surface area contributed by atoms with E-state index in [0.29, 0.717) is 19.8 Å². The zero-order valence-corrected chi connectivity index (χ0v) is 21.9. The standard InChI is InChI=1S/C28H38N4O6/c1-21-25(31-32-29)27(38-24(26(21)33)20-35-18-22-12-6-4-7-13-22)36-17-11-3-2-10-16-30-28(34)37-19-23-14-8-5-9-15-23/h4-9,12-15,21,24-27,33H,2-3,10-11,16-20H2,1H3,(H,30,34)/t21-,24?,25?,26+,27+/m1/s1. The zero-order valence-electron chi connectivity index (χ0n) is 21.9. The van der Waals surface area contributed by atoms with Crippen LogP contribution in [0.4, 0.5) is 4.79 Å². The van der Waals surface area contributed by atoms with E-state index in [1.165, 1.54) is 0 Å². The molecule has 0 aromatic heterocycles. The van der Waals surface area contributed by atoms with Crippen LogP contribution in [0.2, 0.25) is 0 Å². The highest BCUT2D eigenvalue weighted by molar-refractivity contribution is 5.67. The van der Waals surface area contributed by atoms with Crippen molar-refractivity contribution in [1.82, 2.24) is 5.32 Å². The van der Waals surface area contributed by atoms with Gasteiger partial charge in [-0.25, -0.2) is 4.79 Å². The number of aliphatic hydroxyl groups excluding tert-OH is 1. The number of nitrogens with zero attached hydrogens (tertiary/aromatic N) is 3. The van der Waals surface area contributed by atoms with E-state index in [2.05, 4.69) is 15.3 Å². The second-order valence-electron chi connectivity index (χ2n) is 9.36. The Balaban J connectivity index is 1.31. The lowest BCUT2D eigenvalue weighted by Crippen LogP contribution is -2.54. The van der Waals surface area contributed by atoms with E-state index in [1.807, 2.05) is 67.6 Å². The summed E-state index contributed by atoms with van der Waals surface area (Å²) in [5, 5.41) is 17.3. The zero-order chi connectivity index (χ0) is 27.0. The number of ether oxygens (including phenoxy) is 4. The molecule has 0 radical (unpaired) electrons. The van der Waals surface area contributed by atoms with Crippen molar-refractivity contribution >= 4 is 6.09 Å². The predicted molar refractivity (Wildman–Crippen MR) is 142 cm³/mol. The van der Waals surface area contributed by atoms with Gasteiger partial charge in [-0.1, -0.05) is 85.5 Å². The Morgan fingerprint density at radius 3 is 2.37 bits per heavy atom. The van der Waals surface area contributed by atoms with E-state index in [9.17, 15) is 9.90 Å². The Morgan fingerprint density at radius 2 is 1.68 bits per heavy atom. The molecule has 1 aliphatic heterocycles. The van der Waals surface area contributed by atoms with Crippen molar-refractivity contribution in [3.05, 3.63) is 82.2 Å². The van der Waals surface area contributed by atoms with Crippen molar-refractivity contribution in [3.8, 4) is 0 Å². The number of benzene rings is 2. The van der Waals surface area contributed by atoms with Gasteiger partial charge in [-0.2, -0.15) is 0 Å². The minimum absolute atomic E-state index is 0.198. The third-order valence-corrected chi connectivity index (χ3v) is 6.46. The number of rotatable bonds is 15. The van der Waals surface area contributed by atoms with Gasteiger partial charge in [0.15, 0.2) is 6.29 Å². The smallest absolute Gasteiger partial charge is 0.407 e. The minimum atomic E-state index is -0.840. The van der Waals surface area contributed by atoms with Crippen LogP contribution in [0.15, 0.2) is 65.8 Å². The molecule has 0 bridgehead atoms. The van der Waals surface area contributed by atoms with E-state index in [0.717, 1.165) is 36.8 Å². The summed E-state index contributed by atoms with van der Waals surface area (Å²) in [6, 6.07) is 18.7. The minimum Gasteiger partial charge on any atom is -0.445 e. The second-order valence-corrected chi connectivity index (χ2v) is 9.36. The van der Waals surface area contributed by atoms with Crippen molar-refractivity contribution in [2.75, 3.05) is 19.8 Å². The lowest BCUT2D eigenvalue weighted by Gasteiger charge is -2.41. The van der Waals surface area contributed by atoms with Crippen LogP contribution in [0.25, 0.3) is 10.4 Å². The Kier molecular flexibility index (Phi) is 12.9. The number of hydrogen-bond acceptors (Lipinski definition) is 7. The molecular formula is C28H38N4O6. The third-order valence-electron chi connectivity index (χ3n) is 6.46. The first-order valence-electron chi connectivity index (χ1n) is 13.1. The molecule has 0 aliphatic carbocycles. The fourth-order valence-corrected chi connectivity index (χ4v) is 4.23. The van der Waals surface area contributed by atoms with Crippen LogP contribution in [0.1, 0.15) is 43.7 Å². The molecule has 0 spiro atoms. The Labute approximate surface area is 223 Å². The second kappa shape index (κ2) is 16.7. The number of carbonyl (C=O) groups is 1. The summed E-state index contributed by atoms with van der Waals surface area (Å²) in [6.45, 7) is 3.65. The molecule has 1 aliphatic rings. The van der Waals surface area contributed by atoms with Crippen LogP contribution in [0.3, 0.4) is 0 Å². The largest absolute Gasteiger partial charge is 0.445 e. The quantitative estimate of drug-likeness (QED) is 0.143. The molecular weight excluding hydrogens is 488 g/mol. The summed E-state index contributed by atoms with van der Waals surface area (Å²) in [7, 11) is 0. The Bertz CT molecular complexity index is 989. The van der Waals surface area contributed by atoms with Gasteiger partial charge < -0.3 is 29.4 Å². The van der Waals surface area contributed by atoms with Gasteiger partial charge >= 0.3 is 6.09 Å². The first-order valence-corrected chi connectivity index (χ1v) is 13.1. The van der Waals surface area contributed by atoms with Gasteiger partial charge in [0.05, 0.1) is 25.4 Å². The summed E-state index contributed by atoms with van der Waals surface area (Å²) >= 11 is 0. The van der Waals surface area contributed by atoms with E-state index in [1.54, 1.807) is 0 Å². The topological polar surface area (TPSA) is 135 Å². The molecule has 38 heavy (non-hydrogen) atoms. The van der Waals surface area contributed by atoms with E-state index >= 15 is 0 Å². The number of amides is 1. The Morgan fingerprint density at radius 1 is 1.03 bits per heavy atom. The maximum Gasteiger partial charge on any atom is 0.407 e. The highest BCUT2D eigenvalue weighted by atomic mass is 16.7. The highest BCUT2D eigenvalue weighted by Crippen LogP contribution is 2.30. The summed E-state index contributed by atoms with van der Waals surface area (Å²) in [6.07, 6.45) is 0.828. The lowest BCUT2D eigenvalue weighted by molar-refractivity contribution is -0.256. The third kappa shape index (κ3) is 9.96. The molecule has 2 aromatic carbocycles. The van der Waals surface area contributed by atoms with Gasteiger partial charge in [-0.05, 0) is 35.4 Å². The number of alkyl carbamates (subject to hydrolysis) is 1. The average molecular weight is 527 g/mol. The number of nitrogens with one attached hydrogen (secondary N) is 1. The van der Waals surface area contributed by atoms with Gasteiger partial charge in [0.2, 0.25) is 0 Å².